The number of nitrogens with one attached hydrogen (secondary N) is 1. The Morgan fingerprint density at radius 1 is 1.29 bits per heavy atom. The second-order valence-corrected chi connectivity index (χ2v) is 8.02. The zero-order valence-electron chi connectivity index (χ0n) is 15.5. The van der Waals surface area contributed by atoms with E-state index in [9.17, 15) is 4.79 Å². The Morgan fingerprint density at radius 2 is 2.11 bits per heavy atom. The summed E-state index contributed by atoms with van der Waals surface area (Å²) < 4.78 is 6.83. The number of nitrogens with zero attached hydrogens (tertiary/aromatic N) is 3. The number of amides is 1. The van der Waals surface area contributed by atoms with Gasteiger partial charge >= 0.3 is 0 Å². The molecule has 28 heavy (non-hydrogen) atoms. The lowest BCUT2D eigenvalue weighted by Gasteiger charge is -2.34. The largest absolute Gasteiger partial charge is 0.493 e. The van der Waals surface area contributed by atoms with Crippen molar-refractivity contribution in [3.05, 3.63) is 63.1 Å². The standard InChI is InChI=1S/C20H19BrN4O2S/c1-3-10-27-16-7-5-4-6-13(16)18-22-15-9-8-12(21)11-14(15)17-19(26)23-20(28-2)24-25(17)18/h4-9,11,18H,3,10H2,1-2H3,(H,23,24,26). The van der Waals surface area contributed by atoms with E-state index in [0.717, 1.165) is 32.8 Å². The van der Waals surface area contributed by atoms with E-state index in [-0.39, 0.29) is 5.91 Å². The smallest absolute Gasteiger partial charge is 0.276 e. The van der Waals surface area contributed by atoms with E-state index in [0.29, 0.717) is 17.5 Å². The van der Waals surface area contributed by atoms with Gasteiger partial charge in [0.25, 0.3) is 5.91 Å². The summed E-state index contributed by atoms with van der Waals surface area (Å²) in [6.45, 7) is 2.68. The maximum Gasteiger partial charge on any atom is 0.276 e. The summed E-state index contributed by atoms with van der Waals surface area (Å²) in [6.07, 6.45) is 2.30. The third-order valence-electron chi connectivity index (χ3n) is 4.42. The lowest BCUT2D eigenvalue weighted by Crippen LogP contribution is -2.50. The monoisotopic (exact) mass is 458 g/mol. The minimum atomic E-state index is -0.482. The Hall–Kier alpha value is -2.32. The van der Waals surface area contributed by atoms with Gasteiger partial charge in [0.05, 0.1) is 12.0 Å². The number of hydrazone groups is 1. The number of amidine groups is 1. The molecule has 144 valence electrons. The molecule has 1 unspecified atom stereocenters. The normalized spacial score (nSPS) is 17.9. The van der Waals surface area contributed by atoms with Crippen LogP contribution in [0.3, 0.4) is 0 Å². The van der Waals surface area contributed by atoms with Crippen LogP contribution in [0.4, 0.5) is 0 Å². The molecule has 4 rings (SSSR count). The molecule has 2 aliphatic rings. The minimum absolute atomic E-state index is 0.189. The molecule has 2 aromatic carbocycles. The van der Waals surface area contributed by atoms with Gasteiger partial charge in [0, 0.05) is 15.3 Å². The highest BCUT2D eigenvalue weighted by molar-refractivity contribution is 9.10. The predicted molar refractivity (Wildman–Crippen MR) is 114 cm³/mol. The van der Waals surface area contributed by atoms with Crippen LogP contribution in [0.2, 0.25) is 0 Å². The molecule has 0 saturated heterocycles. The van der Waals surface area contributed by atoms with Gasteiger partial charge in [-0.1, -0.05) is 52.8 Å². The third-order valence-corrected chi connectivity index (χ3v) is 5.49. The van der Waals surface area contributed by atoms with E-state index in [1.165, 1.54) is 11.8 Å². The van der Waals surface area contributed by atoms with Crippen LogP contribution in [0.1, 0.15) is 25.1 Å². The lowest BCUT2D eigenvalue weighted by atomic mass is 10.1. The van der Waals surface area contributed by atoms with Crippen molar-refractivity contribution in [2.75, 3.05) is 12.9 Å². The Kier molecular flexibility index (Phi) is 5.41. The first-order chi connectivity index (χ1) is 13.6. The first-order valence-corrected chi connectivity index (χ1v) is 11.0. The summed E-state index contributed by atoms with van der Waals surface area (Å²) in [6, 6.07) is 13.5. The molecule has 1 atom stereocenters. The van der Waals surface area contributed by atoms with Crippen LogP contribution in [0.5, 0.6) is 5.75 Å². The number of fused-ring (bicyclic) bond motifs is 2. The zero-order valence-corrected chi connectivity index (χ0v) is 17.9. The van der Waals surface area contributed by atoms with Crippen LogP contribution in [0.15, 0.2) is 57.0 Å². The van der Waals surface area contributed by atoms with Crippen molar-refractivity contribution in [2.24, 2.45) is 10.1 Å². The third kappa shape index (κ3) is 3.42. The van der Waals surface area contributed by atoms with Crippen LogP contribution >= 0.6 is 27.7 Å². The van der Waals surface area contributed by atoms with Gasteiger partial charge in [-0.3, -0.25) is 15.1 Å². The zero-order chi connectivity index (χ0) is 19.7. The predicted octanol–water partition coefficient (Wildman–Crippen LogP) is 2.74. The molecule has 0 aliphatic carbocycles. The summed E-state index contributed by atoms with van der Waals surface area (Å²) in [7, 11) is 0. The second-order valence-electron chi connectivity index (χ2n) is 6.31. The van der Waals surface area contributed by atoms with Crippen molar-refractivity contribution >= 4 is 44.5 Å². The highest BCUT2D eigenvalue weighted by atomic mass is 79.9. The molecule has 1 amide bonds. The minimum Gasteiger partial charge on any atom is -0.493 e. The average Bonchev–Trinajstić information content (AvgIpc) is 2.71. The maximum absolute atomic E-state index is 12.9. The van der Waals surface area contributed by atoms with Gasteiger partial charge in [-0.2, -0.15) is 0 Å². The van der Waals surface area contributed by atoms with Gasteiger partial charge in [-0.05, 0) is 36.9 Å². The fraction of sp³-hybridized carbons (Fsp3) is 0.250. The highest BCUT2D eigenvalue weighted by Crippen LogP contribution is 2.35. The van der Waals surface area contributed by atoms with E-state index >= 15 is 0 Å². The molecule has 0 radical (unpaired) electrons. The van der Waals surface area contributed by atoms with Crippen LogP contribution in [-0.4, -0.2) is 28.9 Å². The van der Waals surface area contributed by atoms with Crippen molar-refractivity contribution < 1.29 is 9.53 Å². The fourth-order valence-electron chi connectivity index (χ4n) is 3.18. The van der Waals surface area contributed by atoms with E-state index < -0.39 is 6.17 Å². The number of carbonyl (C=O) groups excluding carboxylic acids is 1. The molecule has 2 heterocycles. The summed E-state index contributed by atoms with van der Waals surface area (Å²) in [4.78, 5) is 17.9. The molecular formula is C20H19BrN4O2S. The maximum atomic E-state index is 12.9. The van der Waals surface area contributed by atoms with Gasteiger partial charge in [0.2, 0.25) is 0 Å². The topological polar surface area (TPSA) is 66.3 Å². The molecule has 0 fully saturated rings. The van der Waals surface area contributed by atoms with Crippen LogP contribution in [0.25, 0.3) is 5.70 Å². The Morgan fingerprint density at radius 3 is 2.89 bits per heavy atom. The lowest BCUT2D eigenvalue weighted by molar-refractivity contribution is -0.116. The number of rotatable bonds is 4. The van der Waals surface area contributed by atoms with Crippen molar-refractivity contribution in [3.63, 3.8) is 0 Å². The Balaban J connectivity index is 1.95. The summed E-state index contributed by atoms with van der Waals surface area (Å²) in [5.74, 6) is 0.565. The van der Waals surface area contributed by atoms with Crippen LogP contribution in [0, 0.1) is 0 Å². The van der Waals surface area contributed by atoms with Crippen molar-refractivity contribution in [2.45, 2.75) is 19.5 Å². The summed E-state index contributed by atoms with van der Waals surface area (Å²) >= 11 is 4.87. The molecule has 2 aromatic rings. The molecule has 6 nitrogen and oxygen atoms in total. The van der Waals surface area contributed by atoms with E-state index in [2.05, 4.69) is 33.3 Å². The molecular weight excluding hydrogens is 440 g/mol. The number of hydrogen-bond acceptors (Lipinski definition) is 6. The average molecular weight is 459 g/mol. The number of carbonyl (C=O) groups is 1. The highest BCUT2D eigenvalue weighted by Gasteiger charge is 2.35. The fourth-order valence-corrected chi connectivity index (χ4v) is 3.91. The van der Waals surface area contributed by atoms with Crippen LogP contribution < -0.4 is 20.6 Å². The Bertz CT molecular complexity index is 1090. The number of hydrogen-bond donors (Lipinski definition) is 1. The number of benzene rings is 2. The molecule has 0 spiro atoms. The van der Waals surface area contributed by atoms with Gasteiger partial charge in [0.1, 0.15) is 11.4 Å². The summed E-state index contributed by atoms with van der Waals surface area (Å²) in [5.41, 5.74) is 1.36. The first kappa shape index (κ1) is 19.0. The second kappa shape index (κ2) is 7.97. The molecule has 8 heteroatoms. The van der Waals surface area contributed by atoms with Crippen LogP contribution in [-0.2, 0) is 4.79 Å². The number of halogens is 1. The molecule has 2 aliphatic heterocycles. The molecule has 0 bridgehead atoms. The van der Waals surface area contributed by atoms with Crippen molar-refractivity contribution in [1.82, 2.24) is 10.3 Å². The van der Waals surface area contributed by atoms with E-state index in [1.54, 1.807) is 5.01 Å². The van der Waals surface area contributed by atoms with Gasteiger partial charge in [-0.15, -0.1) is 5.10 Å². The number of ether oxygens (including phenoxy) is 1. The Labute approximate surface area is 175 Å². The van der Waals surface area contributed by atoms with Gasteiger partial charge in [0.15, 0.2) is 11.3 Å². The molecule has 0 aromatic heterocycles. The summed E-state index contributed by atoms with van der Waals surface area (Å²) in [5, 5.41) is 11.3. The first-order valence-electron chi connectivity index (χ1n) is 8.95. The van der Waals surface area contributed by atoms with Gasteiger partial charge in [-0.25, -0.2) is 5.01 Å². The van der Waals surface area contributed by atoms with E-state index in [1.807, 2.05) is 48.7 Å². The molecule has 1 N–H and O–H groups in total. The number of thioether (sulfide) groups is 1. The molecule has 0 saturated carbocycles. The quantitative estimate of drug-likeness (QED) is 0.764. The SMILES string of the molecule is CCCOc1ccccc1C1N=c2ccc(Br)cc2=C2C(=O)NC(SC)=NN21. The van der Waals surface area contributed by atoms with Crippen molar-refractivity contribution in [1.29, 1.82) is 0 Å². The number of para-hydroxylation sites is 1. The van der Waals surface area contributed by atoms with Crippen molar-refractivity contribution in [3.8, 4) is 5.75 Å². The van der Waals surface area contributed by atoms with E-state index in [4.69, 9.17) is 9.73 Å². The van der Waals surface area contributed by atoms with Gasteiger partial charge < -0.3 is 4.74 Å².